The number of rotatable bonds is 3. The smallest absolute Gasteiger partial charge is 0.337 e. The first-order valence-electron chi connectivity index (χ1n) is 7.91. The molecule has 0 spiro atoms. The van der Waals surface area contributed by atoms with Gasteiger partial charge < -0.3 is 15.0 Å². The first-order valence-corrected chi connectivity index (χ1v) is 7.91. The minimum absolute atomic E-state index is 0.134. The van der Waals surface area contributed by atoms with Crippen molar-refractivity contribution in [1.29, 1.82) is 0 Å². The van der Waals surface area contributed by atoms with Crippen LogP contribution in [0.1, 0.15) is 34.8 Å². The fraction of sp³-hybridized carbons (Fsp3) is 0.353. The third kappa shape index (κ3) is 3.56. The summed E-state index contributed by atoms with van der Waals surface area (Å²) in [6.07, 6.45) is 3.73. The average molecular weight is 328 g/mol. The molecule has 2 aromatic rings. The van der Waals surface area contributed by atoms with Gasteiger partial charge in [-0.3, -0.25) is 5.10 Å². The lowest BCUT2D eigenvalue weighted by molar-refractivity contribution is 0.0601. The van der Waals surface area contributed by atoms with Crippen molar-refractivity contribution in [3.8, 4) is 0 Å². The quantitative estimate of drug-likeness (QED) is 0.848. The van der Waals surface area contributed by atoms with E-state index in [0.29, 0.717) is 17.8 Å². The summed E-state index contributed by atoms with van der Waals surface area (Å²) in [7, 11) is 1.34. The maximum absolute atomic E-state index is 12.5. The second-order valence-corrected chi connectivity index (χ2v) is 5.80. The number of carbonyl (C=O) groups excluding carboxylic acids is 2. The number of nitrogens with zero attached hydrogens (tertiary/aromatic N) is 2. The van der Waals surface area contributed by atoms with Gasteiger partial charge in [-0.05, 0) is 43.2 Å². The van der Waals surface area contributed by atoms with Gasteiger partial charge in [-0.1, -0.05) is 0 Å². The Kier molecular flexibility index (Phi) is 4.79. The van der Waals surface area contributed by atoms with E-state index in [1.54, 1.807) is 30.5 Å². The number of ether oxygens (including phenoxy) is 1. The summed E-state index contributed by atoms with van der Waals surface area (Å²) < 4.78 is 4.66. The molecule has 0 unspecified atom stereocenters. The number of carbonyl (C=O) groups is 2. The standard InChI is InChI=1S/C17H20N4O3/c1-24-16(22)12-4-6-14(7-5-12)19-17(23)21-10-2-3-13(11-21)15-8-9-18-20-15/h4-9,13H,2-3,10-11H2,1H3,(H,18,20)(H,19,23)/t13-/m1/s1. The summed E-state index contributed by atoms with van der Waals surface area (Å²) in [6.45, 7) is 1.39. The Bertz CT molecular complexity index is 697. The molecule has 2 N–H and O–H groups in total. The molecule has 24 heavy (non-hydrogen) atoms. The molecule has 1 aromatic carbocycles. The summed E-state index contributed by atoms with van der Waals surface area (Å²) in [4.78, 5) is 25.7. The molecule has 1 fully saturated rings. The zero-order valence-corrected chi connectivity index (χ0v) is 13.5. The number of aromatic amines is 1. The molecular formula is C17H20N4O3. The van der Waals surface area contributed by atoms with Gasteiger partial charge in [0.05, 0.1) is 12.7 Å². The van der Waals surface area contributed by atoms with Crippen molar-refractivity contribution >= 4 is 17.7 Å². The van der Waals surface area contributed by atoms with E-state index in [0.717, 1.165) is 25.1 Å². The Morgan fingerprint density at radius 3 is 2.75 bits per heavy atom. The number of hydrogen-bond acceptors (Lipinski definition) is 4. The topological polar surface area (TPSA) is 87.3 Å². The van der Waals surface area contributed by atoms with Crippen molar-refractivity contribution in [3.63, 3.8) is 0 Å². The fourth-order valence-corrected chi connectivity index (χ4v) is 2.92. The lowest BCUT2D eigenvalue weighted by Gasteiger charge is -2.32. The van der Waals surface area contributed by atoms with Gasteiger partial charge in [0, 0.05) is 36.6 Å². The number of aromatic nitrogens is 2. The number of hydrogen-bond donors (Lipinski definition) is 2. The van der Waals surface area contributed by atoms with Gasteiger partial charge in [-0.25, -0.2) is 9.59 Å². The minimum Gasteiger partial charge on any atom is -0.465 e. The predicted octanol–water partition coefficient (Wildman–Crippen LogP) is 2.61. The van der Waals surface area contributed by atoms with Crippen molar-refractivity contribution in [3.05, 3.63) is 47.8 Å². The van der Waals surface area contributed by atoms with Gasteiger partial charge in [-0.15, -0.1) is 0 Å². The SMILES string of the molecule is COC(=O)c1ccc(NC(=O)N2CCC[C@@H](c3ccn[nH]3)C2)cc1. The number of benzene rings is 1. The molecule has 126 valence electrons. The highest BCUT2D eigenvalue weighted by Crippen LogP contribution is 2.25. The van der Waals surface area contributed by atoms with Gasteiger partial charge in [0.15, 0.2) is 0 Å². The maximum Gasteiger partial charge on any atom is 0.337 e. The van der Waals surface area contributed by atoms with Crippen LogP contribution in [-0.4, -0.2) is 47.3 Å². The molecule has 1 atom stereocenters. The molecule has 0 aliphatic carbocycles. The Balaban J connectivity index is 1.61. The lowest BCUT2D eigenvalue weighted by atomic mass is 9.95. The van der Waals surface area contributed by atoms with Crippen LogP contribution >= 0.6 is 0 Å². The first-order chi connectivity index (χ1) is 11.7. The summed E-state index contributed by atoms with van der Waals surface area (Å²) in [6, 6.07) is 8.47. The third-order valence-corrected chi connectivity index (χ3v) is 4.23. The number of methoxy groups -OCH3 is 1. The molecule has 2 amide bonds. The zero-order chi connectivity index (χ0) is 16.9. The zero-order valence-electron chi connectivity index (χ0n) is 13.5. The molecule has 1 saturated heterocycles. The molecule has 0 bridgehead atoms. The second-order valence-electron chi connectivity index (χ2n) is 5.80. The summed E-state index contributed by atoms with van der Waals surface area (Å²) in [5.41, 5.74) is 2.17. The van der Waals surface area contributed by atoms with E-state index in [1.165, 1.54) is 7.11 Å². The first kappa shape index (κ1) is 16.0. The Hall–Kier alpha value is -2.83. The third-order valence-electron chi connectivity index (χ3n) is 4.23. The fourth-order valence-electron chi connectivity index (χ4n) is 2.92. The van der Waals surface area contributed by atoms with E-state index in [-0.39, 0.29) is 11.9 Å². The summed E-state index contributed by atoms with van der Waals surface area (Å²) in [5.74, 6) is -0.111. The number of amides is 2. The number of urea groups is 1. The Labute approximate surface area is 140 Å². The highest BCUT2D eigenvalue weighted by Gasteiger charge is 2.25. The van der Waals surface area contributed by atoms with E-state index >= 15 is 0 Å². The maximum atomic E-state index is 12.5. The Morgan fingerprint density at radius 2 is 2.08 bits per heavy atom. The van der Waals surface area contributed by atoms with Crippen LogP contribution in [0.15, 0.2) is 36.5 Å². The van der Waals surface area contributed by atoms with Crippen molar-refractivity contribution in [1.82, 2.24) is 15.1 Å². The number of esters is 1. The van der Waals surface area contributed by atoms with Gasteiger partial charge in [0.25, 0.3) is 0 Å². The Morgan fingerprint density at radius 1 is 1.29 bits per heavy atom. The van der Waals surface area contributed by atoms with Gasteiger partial charge in [0.2, 0.25) is 0 Å². The average Bonchev–Trinajstić information content (AvgIpc) is 3.16. The normalized spacial score (nSPS) is 17.4. The summed E-state index contributed by atoms with van der Waals surface area (Å²) in [5, 5.41) is 9.84. The molecule has 1 aliphatic rings. The number of likely N-dealkylation sites (tertiary alicyclic amines) is 1. The van der Waals surface area contributed by atoms with E-state index in [1.807, 2.05) is 11.0 Å². The number of anilines is 1. The van der Waals surface area contributed by atoms with Crippen LogP contribution in [0.25, 0.3) is 0 Å². The molecule has 2 heterocycles. The monoisotopic (exact) mass is 328 g/mol. The molecule has 7 heteroatoms. The highest BCUT2D eigenvalue weighted by atomic mass is 16.5. The predicted molar refractivity (Wildman–Crippen MR) is 88.9 cm³/mol. The van der Waals surface area contributed by atoms with E-state index < -0.39 is 5.97 Å². The van der Waals surface area contributed by atoms with Crippen molar-refractivity contribution in [2.45, 2.75) is 18.8 Å². The number of nitrogens with one attached hydrogen (secondary N) is 2. The second kappa shape index (κ2) is 7.16. The lowest BCUT2D eigenvalue weighted by Crippen LogP contribution is -2.41. The summed E-state index contributed by atoms with van der Waals surface area (Å²) >= 11 is 0. The number of piperidine rings is 1. The van der Waals surface area contributed by atoms with Gasteiger partial charge in [-0.2, -0.15) is 5.10 Å². The van der Waals surface area contributed by atoms with Crippen molar-refractivity contribution < 1.29 is 14.3 Å². The molecule has 0 radical (unpaired) electrons. The molecule has 7 nitrogen and oxygen atoms in total. The van der Waals surface area contributed by atoms with Crippen molar-refractivity contribution in [2.24, 2.45) is 0 Å². The van der Waals surface area contributed by atoms with Crippen LogP contribution in [0.3, 0.4) is 0 Å². The minimum atomic E-state index is -0.397. The van der Waals surface area contributed by atoms with Crippen LogP contribution in [0.5, 0.6) is 0 Å². The van der Waals surface area contributed by atoms with Gasteiger partial charge >= 0.3 is 12.0 Å². The van der Waals surface area contributed by atoms with Crippen LogP contribution in [0.4, 0.5) is 10.5 Å². The van der Waals surface area contributed by atoms with E-state index in [9.17, 15) is 9.59 Å². The molecular weight excluding hydrogens is 308 g/mol. The number of H-pyrrole nitrogens is 1. The molecule has 1 aliphatic heterocycles. The van der Waals surface area contributed by atoms with Crippen LogP contribution in [-0.2, 0) is 4.74 Å². The van der Waals surface area contributed by atoms with Crippen LogP contribution in [0.2, 0.25) is 0 Å². The largest absolute Gasteiger partial charge is 0.465 e. The van der Waals surface area contributed by atoms with E-state index in [4.69, 9.17) is 0 Å². The molecule has 3 rings (SSSR count). The highest BCUT2D eigenvalue weighted by molar-refractivity contribution is 5.92. The van der Waals surface area contributed by atoms with Crippen molar-refractivity contribution in [2.75, 3.05) is 25.5 Å². The van der Waals surface area contributed by atoms with Crippen LogP contribution < -0.4 is 5.32 Å². The van der Waals surface area contributed by atoms with E-state index in [2.05, 4.69) is 20.3 Å². The van der Waals surface area contributed by atoms with Crippen LogP contribution in [0, 0.1) is 0 Å². The molecule has 1 aromatic heterocycles. The van der Waals surface area contributed by atoms with Gasteiger partial charge in [0.1, 0.15) is 0 Å². The molecule has 0 saturated carbocycles.